The smallest absolute Gasteiger partial charge is 0.241 e. The third-order valence-corrected chi connectivity index (χ3v) is 5.57. The van der Waals surface area contributed by atoms with E-state index in [0.29, 0.717) is 30.6 Å². The predicted molar refractivity (Wildman–Crippen MR) is 77.9 cm³/mol. The van der Waals surface area contributed by atoms with Crippen molar-refractivity contribution in [2.45, 2.75) is 30.3 Å². The molecule has 2 N–H and O–H groups in total. The molecule has 1 aromatic heterocycles. The van der Waals surface area contributed by atoms with E-state index in [0.717, 1.165) is 4.88 Å². The van der Waals surface area contributed by atoms with Gasteiger partial charge in [0.1, 0.15) is 0 Å². The van der Waals surface area contributed by atoms with E-state index in [-0.39, 0.29) is 0 Å². The lowest BCUT2D eigenvalue weighted by Gasteiger charge is -2.11. The summed E-state index contributed by atoms with van der Waals surface area (Å²) < 4.78 is 27.1. The van der Waals surface area contributed by atoms with Gasteiger partial charge < -0.3 is 10.2 Å². The highest BCUT2D eigenvalue weighted by Crippen LogP contribution is 2.24. The van der Waals surface area contributed by atoms with Crippen molar-refractivity contribution in [3.8, 4) is 0 Å². The van der Waals surface area contributed by atoms with Gasteiger partial charge in [-0.05, 0) is 38.4 Å². The predicted octanol–water partition coefficient (Wildman–Crippen LogP) is 0.840. The maximum absolute atomic E-state index is 12.2. The van der Waals surface area contributed by atoms with Crippen molar-refractivity contribution < 1.29 is 8.42 Å². The lowest BCUT2D eigenvalue weighted by atomic mass is 10.4. The molecule has 1 aliphatic rings. The lowest BCUT2D eigenvalue weighted by molar-refractivity contribution is 0.412. The molecule has 0 spiro atoms. The minimum Gasteiger partial charge on any atom is -0.309 e. The van der Waals surface area contributed by atoms with E-state index in [9.17, 15) is 8.42 Å². The Labute approximate surface area is 119 Å². The van der Waals surface area contributed by atoms with E-state index in [1.807, 2.05) is 24.4 Å². The first-order valence-electron chi connectivity index (χ1n) is 6.43. The van der Waals surface area contributed by atoms with Crippen LogP contribution in [0.2, 0.25) is 0 Å². The minimum absolute atomic E-state index is 0.421. The second-order valence-electron chi connectivity index (χ2n) is 5.06. The third kappa shape index (κ3) is 4.54. The van der Waals surface area contributed by atoms with Gasteiger partial charge in [0.15, 0.2) is 0 Å². The van der Waals surface area contributed by atoms with E-state index in [2.05, 4.69) is 10.0 Å². The van der Waals surface area contributed by atoms with Gasteiger partial charge in [-0.1, -0.05) is 0 Å². The van der Waals surface area contributed by atoms with Gasteiger partial charge in [-0.2, -0.15) is 0 Å². The van der Waals surface area contributed by atoms with Crippen molar-refractivity contribution >= 4 is 21.4 Å². The Morgan fingerprint density at radius 3 is 2.79 bits per heavy atom. The fraction of sp³-hybridized carbons (Fsp3) is 0.667. The highest BCUT2D eigenvalue weighted by Gasteiger charge is 2.23. The molecule has 1 aromatic rings. The first kappa shape index (κ1) is 14.9. The fourth-order valence-electron chi connectivity index (χ4n) is 1.70. The molecule has 1 fully saturated rings. The fourth-order valence-corrected chi connectivity index (χ4v) is 4.12. The highest BCUT2D eigenvalue weighted by molar-refractivity contribution is 7.89. The van der Waals surface area contributed by atoms with Crippen molar-refractivity contribution in [1.82, 2.24) is 14.9 Å². The maximum atomic E-state index is 12.2. The highest BCUT2D eigenvalue weighted by atomic mass is 32.2. The molecule has 1 aliphatic carbocycles. The molecule has 2 rings (SSSR count). The number of hydrogen-bond donors (Lipinski definition) is 2. The van der Waals surface area contributed by atoms with E-state index >= 15 is 0 Å². The first-order valence-corrected chi connectivity index (χ1v) is 8.79. The van der Waals surface area contributed by atoms with Gasteiger partial charge in [-0.25, -0.2) is 13.1 Å². The maximum Gasteiger partial charge on any atom is 0.241 e. The van der Waals surface area contributed by atoms with Crippen LogP contribution in [-0.4, -0.2) is 46.5 Å². The Morgan fingerprint density at radius 1 is 1.42 bits per heavy atom. The average Bonchev–Trinajstić information content (AvgIpc) is 3.02. The molecular weight excluding hydrogens is 282 g/mol. The van der Waals surface area contributed by atoms with Crippen molar-refractivity contribution in [1.29, 1.82) is 0 Å². The van der Waals surface area contributed by atoms with Crippen LogP contribution in [0.4, 0.5) is 0 Å². The molecule has 0 aromatic carbocycles. The number of likely N-dealkylation sites (N-methyl/N-ethyl adjacent to an activating group) is 1. The molecule has 0 radical (unpaired) electrons. The molecule has 0 saturated heterocycles. The van der Waals surface area contributed by atoms with Gasteiger partial charge in [-0.15, -0.1) is 11.3 Å². The van der Waals surface area contributed by atoms with Gasteiger partial charge >= 0.3 is 0 Å². The zero-order valence-electron chi connectivity index (χ0n) is 11.3. The SMILES string of the molecule is CN(C)CCNS(=O)(=O)c1ccsc1CNC1CC1. The molecule has 19 heavy (non-hydrogen) atoms. The summed E-state index contributed by atoms with van der Waals surface area (Å²) in [5.74, 6) is 0. The summed E-state index contributed by atoms with van der Waals surface area (Å²) in [4.78, 5) is 3.26. The van der Waals surface area contributed by atoms with E-state index in [1.165, 1.54) is 24.2 Å². The largest absolute Gasteiger partial charge is 0.309 e. The Bertz CT molecular complexity index is 507. The molecule has 108 valence electrons. The topological polar surface area (TPSA) is 61.4 Å². The van der Waals surface area contributed by atoms with Crippen molar-refractivity contribution in [2.24, 2.45) is 0 Å². The Balaban J connectivity index is 1.96. The zero-order chi connectivity index (χ0) is 13.9. The normalized spacial score (nSPS) is 16.2. The van der Waals surface area contributed by atoms with Crippen LogP contribution in [0.3, 0.4) is 0 Å². The summed E-state index contributed by atoms with van der Waals surface area (Å²) in [5.41, 5.74) is 0. The molecule has 7 heteroatoms. The summed E-state index contributed by atoms with van der Waals surface area (Å²) in [6.07, 6.45) is 2.41. The first-order chi connectivity index (χ1) is 8.99. The summed E-state index contributed by atoms with van der Waals surface area (Å²) in [5, 5.41) is 5.19. The van der Waals surface area contributed by atoms with E-state index < -0.39 is 10.0 Å². The Kier molecular flexibility index (Phi) is 4.97. The minimum atomic E-state index is -3.38. The molecule has 0 bridgehead atoms. The molecule has 0 atom stereocenters. The van der Waals surface area contributed by atoms with Crippen molar-refractivity contribution in [2.75, 3.05) is 27.2 Å². The number of nitrogens with zero attached hydrogens (tertiary/aromatic N) is 1. The summed E-state index contributed by atoms with van der Waals surface area (Å²) >= 11 is 1.49. The summed E-state index contributed by atoms with van der Waals surface area (Å²) in [6, 6.07) is 2.27. The number of nitrogens with one attached hydrogen (secondary N) is 2. The Morgan fingerprint density at radius 2 is 2.16 bits per heavy atom. The van der Waals surface area contributed by atoms with Crippen LogP contribution in [0.5, 0.6) is 0 Å². The van der Waals surface area contributed by atoms with Gasteiger partial charge in [0, 0.05) is 30.6 Å². The van der Waals surface area contributed by atoms with Crippen molar-refractivity contribution in [3.63, 3.8) is 0 Å². The van der Waals surface area contributed by atoms with Crippen LogP contribution in [0.25, 0.3) is 0 Å². The number of rotatable bonds is 8. The second kappa shape index (κ2) is 6.32. The van der Waals surface area contributed by atoms with Crippen LogP contribution >= 0.6 is 11.3 Å². The van der Waals surface area contributed by atoms with Gasteiger partial charge in [-0.3, -0.25) is 0 Å². The average molecular weight is 303 g/mol. The van der Waals surface area contributed by atoms with Crippen LogP contribution in [0.15, 0.2) is 16.3 Å². The quantitative estimate of drug-likeness (QED) is 0.747. The van der Waals surface area contributed by atoms with Crippen LogP contribution in [0.1, 0.15) is 17.7 Å². The number of hydrogen-bond acceptors (Lipinski definition) is 5. The van der Waals surface area contributed by atoms with Gasteiger partial charge in [0.05, 0.1) is 4.90 Å². The number of thiophene rings is 1. The van der Waals surface area contributed by atoms with Crippen LogP contribution < -0.4 is 10.0 Å². The monoisotopic (exact) mass is 303 g/mol. The molecule has 0 amide bonds. The number of sulfonamides is 1. The van der Waals surface area contributed by atoms with Crippen LogP contribution in [-0.2, 0) is 16.6 Å². The van der Waals surface area contributed by atoms with Crippen molar-refractivity contribution in [3.05, 3.63) is 16.3 Å². The molecule has 1 heterocycles. The molecule has 0 unspecified atom stereocenters. The van der Waals surface area contributed by atoms with Gasteiger partial charge in [0.25, 0.3) is 0 Å². The third-order valence-electron chi connectivity index (χ3n) is 2.97. The molecular formula is C12H21N3O2S2. The zero-order valence-corrected chi connectivity index (χ0v) is 13.0. The molecule has 0 aliphatic heterocycles. The summed E-state index contributed by atoms with van der Waals surface area (Å²) in [7, 11) is 0.464. The molecule has 5 nitrogen and oxygen atoms in total. The molecule has 1 saturated carbocycles. The summed E-state index contributed by atoms with van der Waals surface area (Å²) in [6.45, 7) is 1.77. The standard InChI is InChI=1S/C12H21N3O2S2/c1-15(2)7-6-14-19(16,17)12-5-8-18-11(12)9-13-10-3-4-10/h5,8,10,13-14H,3-4,6-7,9H2,1-2H3. The second-order valence-corrected chi connectivity index (χ2v) is 7.80. The lowest BCUT2D eigenvalue weighted by Crippen LogP contribution is -2.31. The van der Waals surface area contributed by atoms with E-state index in [4.69, 9.17) is 0 Å². The van der Waals surface area contributed by atoms with Gasteiger partial charge in [0.2, 0.25) is 10.0 Å². The Hall–Kier alpha value is -0.470. The van der Waals surface area contributed by atoms with E-state index in [1.54, 1.807) is 6.07 Å². The van der Waals surface area contributed by atoms with Crippen LogP contribution in [0, 0.1) is 0 Å².